The molecule has 1 amide bonds. The fourth-order valence-corrected chi connectivity index (χ4v) is 2.57. The lowest BCUT2D eigenvalue weighted by atomic mass is 10.1. The lowest BCUT2D eigenvalue weighted by Gasteiger charge is -2.09. The first-order chi connectivity index (χ1) is 10.9. The molecule has 0 radical (unpaired) electrons. The van der Waals surface area contributed by atoms with Crippen molar-refractivity contribution in [3.63, 3.8) is 0 Å². The lowest BCUT2D eigenvalue weighted by Crippen LogP contribution is -2.14. The number of phenolic OH excluding ortho intramolecular Hbond substituents is 1. The normalized spacial score (nSPS) is 11.0. The topological polar surface area (TPSA) is 73.1 Å². The maximum absolute atomic E-state index is 12.3. The number of anilines is 1. The molecule has 6 heteroatoms. The zero-order chi connectivity index (χ0) is 17.0. The summed E-state index contributed by atoms with van der Waals surface area (Å²) in [6.45, 7) is 1.79. The van der Waals surface area contributed by atoms with Gasteiger partial charge in [0.25, 0.3) is 5.91 Å². The first kappa shape index (κ1) is 17.3. The fourth-order valence-electron chi connectivity index (χ4n) is 1.86. The standard InChI is InChI=1S/C17H12ClIN2O2/c1-10-13(18)3-2-4-15(10)21-17(23)12(9-20)7-11-5-6-16(22)14(19)8-11/h2-8,22H,1H3,(H,21,23). The number of nitrogens with one attached hydrogen (secondary N) is 1. The predicted octanol–water partition coefficient (Wildman–Crippen LogP) is 4.50. The second-order valence-electron chi connectivity index (χ2n) is 4.75. The Morgan fingerprint density at radius 3 is 2.78 bits per heavy atom. The van der Waals surface area contributed by atoms with Gasteiger partial charge in [0, 0.05) is 10.7 Å². The van der Waals surface area contributed by atoms with Gasteiger partial charge in [0.05, 0.1) is 3.57 Å². The monoisotopic (exact) mass is 438 g/mol. The van der Waals surface area contributed by atoms with Crippen molar-refractivity contribution in [2.45, 2.75) is 6.92 Å². The minimum absolute atomic E-state index is 0.0362. The number of carbonyl (C=O) groups excluding carboxylic acids is 1. The number of halogens is 2. The summed E-state index contributed by atoms with van der Waals surface area (Å²) in [5.74, 6) is -0.360. The van der Waals surface area contributed by atoms with Gasteiger partial charge in [-0.3, -0.25) is 4.79 Å². The van der Waals surface area contributed by atoms with Crippen molar-refractivity contribution in [2.24, 2.45) is 0 Å². The molecule has 2 rings (SSSR count). The highest BCUT2D eigenvalue weighted by Gasteiger charge is 2.12. The second kappa shape index (κ2) is 7.49. The average molecular weight is 439 g/mol. The molecule has 0 saturated carbocycles. The van der Waals surface area contributed by atoms with Crippen LogP contribution in [0.3, 0.4) is 0 Å². The fraction of sp³-hybridized carbons (Fsp3) is 0.0588. The summed E-state index contributed by atoms with van der Waals surface area (Å²) >= 11 is 7.99. The van der Waals surface area contributed by atoms with Crippen LogP contribution in [0.5, 0.6) is 5.75 Å². The minimum Gasteiger partial charge on any atom is -0.507 e. The Morgan fingerprint density at radius 1 is 1.39 bits per heavy atom. The number of hydrogen-bond acceptors (Lipinski definition) is 3. The molecule has 0 fully saturated rings. The summed E-state index contributed by atoms with van der Waals surface area (Å²) in [6, 6.07) is 11.9. The number of carbonyl (C=O) groups is 1. The molecule has 4 nitrogen and oxygen atoms in total. The highest BCUT2D eigenvalue weighted by atomic mass is 127. The van der Waals surface area contributed by atoms with Crippen LogP contribution in [0.4, 0.5) is 5.69 Å². The van der Waals surface area contributed by atoms with E-state index in [0.717, 1.165) is 5.56 Å². The van der Waals surface area contributed by atoms with Crippen LogP contribution in [-0.4, -0.2) is 11.0 Å². The molecule has 23 heavy (non-hydrogen) atoms. The minimum atomic E-state index is -0.513. The van der Waals surface area contributed by atoms with Crippen LogP contribution in [0.1, 0.15) is 11.1 Å². The molecule has 0 heterocycles. The van der Waals surface area contributed by atoms with E-state index in [1.54, 1.807) is 37.3 Å². The van der Waals surface area contributed by atoms with E-state index in [0.29, 0.717) is 19.8 Å². The van der Waals surface area contributed by atoms with Crippen LogP contribution in [0, 0.1) is 21.8 Å². The predicted molar refractivity (Wildman–Crippen MR) is 99.2 cm³/mol. The molecule has 116 valence electrons. The molecule has 0 aliphatic carbocycles. The van der Waals surface area contributed by atoms with Crippen molar-refractivity contribution >= 4 is 51.9 Å². The van der Waals surface area contributed by atoms with Crippen molar-refractivity contribution in [1.29, 1.82) is 5.26 Å². The van der Waals surface area contributed by atoms with Gasteiger partial charge in [-0.05, 0) is 71.0 Å². The third kappa shape index (κ3) is 4.24. The SMILES string of the molecule is Cc1c(Cl)cccc1NC(=O)C(C#N)=Cc1ccc(O)c(I)c1. The van der Waals surface area contributed by atoms with Crippen molar-refractivity contribution in [3.8, 4) is 11.8 Å². The van der Waals surface area contributed by atoms with E-state index in [9.17, 15) is 15.2 Å². The number of nitrogens with zero attached hydrogens (tertiary/aromatic N) is 1. The molecule has 2 aromatic rings. The van der Waals surface area contributed by atoms with Crippen molar-refractivity contribution in [2.75, 3.05) is 5.32 Å². The van der Waals surface area contributed by atoms with E-state index >= 15 is 0 Å². The van der Waals surface area contributed by atoms with Crippen molar-refractivity contribution in [1.82, 2.24) is 0 Å². The molecular formula is C17H12ClIN2O2. The van der Waals surface area contributed by atoms with Gasteiger partial charge in [0.1, 0.15) is 17.4 Å². The quantitative estimate of drug-likeness (QED) is 0.421. The Morgan fingerprint density at radius 2 is 2.13 bits per heavy atom. The molecule has 0 aromatic heterocycles. The van der Waals surface area contributed by atoms with Crippen molar-refractivity contribution < 1.29 is 9.90 Å². The molecule has 0 spiro atoms. The van der Waals surface area contributed by atoms with Gasteiger partial charge in [0.2, 0.25) is 0 Å². The third-order valence-corrected chi connectivity index (χ3v) is 4.44. The molecular weight excluding hydrogens is 427 g/mol. The van der Waals surface area contributed by atoms with E-state index in [1.807, 2.05) is 28.7 Å². The summed E-state index contributed by atoms with van der Waals surface area (Å²) in [4.78, 5) is 12.3. The maximum atomic E-state index is 12.3. The van der Waals surface area contributed by atoms with E-state index in [-0.39, 0.29) is 11.3 Å². The molecule has 0 bridgehead atoms. The number of phenols is 1. The van der Waals surface area contributed by atoms with E-state index in [2.05, 4.69) is 5.32 Å². The summed E-state index contributed by atoms with van der Waals surface area (Å²) in [5, 5.41) is 22.0. The number of aromatic hydroxyl groups is 1. The molecule has 0 atom stereocenters. The largest absolute Gasteiger partial charge is 0.507 e. The summed E-state index contributed by atoms with van der Waals surface area (Å²) in [5.41, 5.74) is 1.91. The lowest BCUT2D eigenvalue weighted by molar-refractivity contribution is -0.112. The molecule has 2 N–H and O–H groups in total. The summed E-state index contributed by atoms with van der Waals surface area (Å²) in [7, 11) is 0. The average Bonchev–Trinajstić information content (AvgIpc) is 2.52. The number of hydrogen-bond donors (Lipinski definition) is 2. The van der Waals surface area contributed by atoms with Crippen LogP contribution >= 0.6 is 34.2 Å². The Kier molecular flexibility index (Phi) is 5.64. The Labute approximate surface area is 152 Å². The summed E-state index contributed by atoms with van der Waals surface area (Å²) in [6.07, 6.45) is 1.47. The molecule has 0 aliphatic heterocycles. The number of rotatable bonds is 3. The Balaban J connectivity index is 2.28. The molecule has 0 saturated heterocycles. The van der Waals surface area contributed by atoms with E-state index in [1.165, 1.54) is 12.1 Å². The van der Waals surface area contributed by atoms with E-state index in [4.69, 9.17) is 11.6 Å². The van der Waals surface area contributed by atoms with Gasteiger partial charge in [-0.25, -0.2) is 0 Å². The van der Waals surface area contributed by atoms with Gasteiger partial charge in [-0.15, -0.1) is 0 Å². The second-order valence-corrected chi connectivity index (χ2v) is 6.32. The van der Waals surface area contributed by atoms with Gasteiger partial charge in [-0.2, -0.15) is 5.26 Å². The van der Waals surface area contributed by atoms with Crippen LogP contribution in [0.15, 0.2) is 42.0 Å². The van der Waals surface area contributed by atoms with Gasteiger partial charge in [0.15, 0.2) is 0 Å². The molecule has 2 aromatic carbocycles. The number of nitriles is 1. The van der Waals surface area contributed by atoms with Gasteiger partial charge >= 0.3 is 0 Å². The highest BCUT2D eigenvalue weighted by Crippen LogP contribution is 2.24. The van der Waals surface area contributed by atoms with E-state index < -0.39 is 5.91 Å². The zero-order valence-electron chi connectivity index (χ0n) is 12.1. The smallest absolute Gasteiger partial charge is 0.266 e. The highest BCUT2D eigenvalue weighted by molar-refractivity contribution is 14.1. The Hall–Kier alpha value is -2.04. The third-order valence-electron chi connectivity index (χ3n) is 3.16. The van der Waals surface area contributed by atoms with Gasteiger partial charge < -0.3 is 10.4 Å². The van der Waals surface area contributed by atoms with Crippen LogP contribution in [0.25, 0.3) is 6.08 Å². The summed E-state index contributed by atoms with van der Waals surface area (Å²) < 4.78 is 0.639. The van der Waals surface area contributed by atoms with Gasteiger partial charge in [-0.1, -0.05) is 23.7 Å². The zero-order valence-corrected chi connectivity index (χ0v) is 15.0. The first-order valence-corrected chi connectivity index (χ1v) is 8.05. The van der Waals surface area contributed by atoms with Crippen LogP contribution < -0.4 is 5.32 Å². The number of amides is 1. The maximum Gasteiger partial charge on any atom is 0.266 e. The molecule has 0 unspecified atom stereocenters. The van der Waals surface area contributed by atoms with Crippen LogP contribution in [-0.2, 0) is 4.79 Å². The Bertz CT molecular complexity index is 841. The molecule has 0 aliphatic rings. The van der Waals surface area contributed by atoms with Crippen molar-refractivity contribution in [3.05, 3.63) is 61.7 Å². The number of benzene rings is 2. The first-order valence-electron chi connectivity index (χ1n) is 6.59. The van der Waals surface area contributed by atoms with Crippen LogP contribution in [0.2, 0.25) is 5.02 Å².